The molecule has 0 aliphatic heterocycles. The van der Waals surface area contributed by atoms with Gasteiger partial charge in [0.15, 0.2) is 0 Å². The number of amides is 1. The second kappa shape index (κ2) is 4.14. The summed E-state index contributed by atoms with van der Waals surface area (Å²) in [7, 11) is 0. The van der Waals surface area contributed by atoms with Crippen molar-refractivity contribution in [1.82, 2.24) is 15.3 Å². The van der Waals surface area contributed by atoms with Crippen molar-refractivity contribution < 1.29 is 4.79 Å². The number of alkyl halides is 1. The summed E-state index contributed by atoms with van der Waals surface area (Å²) in [6.07, 6.45) is 7.51. The van der Waals surface area contributed by atoms with Crippen LogP contribution < -0.4 is 5.32 Å². The molecule has 15 heavy (non-hydrogen) atoms. The van der Waals surface area contributed by atoms with E-state index in [9.17, 15) is 4.79 Å². The second-order valence-corrected chi connectivity index (χ2v) is 4.08. The van der Waals surface area contributed by atoms with Gasteiger partial charge in [-0.15, -0.1) is 11.6 Å². The highest BCUT2D eigenvalue weighted by molar-refractivity contribution is 6.19. The number of nitrogens with zero attached hydrogens (tertiary/aromatic N) is 2. The Morgan fingerprint density at radius 2 is 2.33 bits per heavy atom. The van der Waals surface area contributed by atoms with Crippen LogP contribution in [-0.2, 0) is 0 Å². The van der Waals surface area contributed by atoms with Crippen molar-refractivity contribution in [2.24, 2.45) is 0 Å². The lowest BCUT2D eigenvalue weighted by atomic mass is 9.78. The SMILES string of the molecule is O=C(NC1(CCl)CCC1)c1cnccn1. The Labute approximate surface area is 93.1 Å². The molecule has 2 rings (SSSR count). The van der Waals surface area contributed by atoms with Crippen LogP contribution in [0.5, 0.6) is 0 Å². The number of hydrogen-bond donors (Lipinski definition) is 1. The van der Waals surface area contributed by atoms with Crippen LogP contribution in [-0.4, -0.2) is 27.3 Å². The normalized spacial score (nSPS) is 17.9. The second-order valence-electron chi connectivity index (χ2n) is 3.81. The first-order valence-corrected chi connectivity index (χ1v) is 5.44. The zero-order valence-electron chi connectivity index (χ0n) is 8.24. The largest absolute Gasteiger partial charge is 0.344 e. The molecule has 0 bridgehead atoms. The molecule has 0 unspecified atom stereocenters. The molecule has 80 valence electrons. The summed E-state index contributed by atoms with van der Waals surface area (Å²) >= 11 is 5.84. The molecule has 1 aromatic rings. The minimum Gasteiger partial charge on any atom is -0.344 e. The van der Waals surface area contributed by atoms with Crippen molar-refractivity contribution in [2.75, 3.05) is 5.88 Å². The Morgan fingerprint density at radius 3 is 2.80 bits per heavy atom. The third kappa shape index (κ3) is 2.09. The maximum absolute atomic E-state index is 11.7. The highest BCUT2D eigenvalue weighted by Crippen LogP contribution is 2.32. The summed E-state index contributed by atoms with van der Waals surface area (Å²) < 4.78 is 0. The van der Waals surface area contributed by atoms with Crippen LogP contribution in [0.2, 0.25) is 0 Å². The first-order valence-electron chi connectivity index (χ1n) is 4.90. The van der Waals surface area contributed by atoms with Crippen LogP contribution in [0.15, 0.2) is 18.6 Å². The van der Waals surface area contributed by atoms with E-state index in [-0.39, 0.29) is 11.4 Å². The molecule has 1 amide bonds. The number of rotatable bonds is 3. The van der Waals surface area contributed by atoms with Crippen molar-refractivity contribution in [3.8, 4) is 0 Å². The quantitative estimate of drug-likeness (QED) is 0.791. The Morgan fingerprint density at radius 1 is 1.53 bits per heavy atom. The van der Waals surface area contributed by atoms with E-state index < -0.39 is 0 Å². The van der Waals surface area contributed by atoms with Gasteiger partial charge in [0.05, 0.1) is 11.7 Å². The Hall–Kier alpha value is -1.16. The highest BCUT2D eigenvalue weighted by atomic mass is 35.5. The Kier molecular flexibility index (Phi) is 2.86. The average Bonchev–Trinajstić information content (AvgIpc) is 2.24. The molecule has 1 heterocycles. The third-order valence-electron chi connectivity index (χ3n) is 2.74. The molecule has 0 saturated heterocycles. The maximum atomic E-state index is 11.7. The summed E-state index contributed by atoms with van der Waals surface area (Å²) in [6.45, 7) is 0. The van der Waals surface area contributed by atoms with Crippen LogP contribution in [0, 0.1) is 0 Å². The number of halogens is 1. The Balaban J connectivity index is 2.04. The summed E-state index contributed by atoms with van der Waals surface area (Å²) in [5.41, 5.74) is 0.129. The summed E-state index contributed by atoms with van der Waals surface area (Å²) in [5.74, 6) is 0.266. The van der Waals surface area contributed by atoms with Gasteiger partial charge in [0.2, 0.25) is 0 Å². The van der Waals surface area contributed by atoms with E-state index in [1.54, 1.807) is 0 Å². The van der Waals surface area contributed by atoms with E-state index in [0.717, 1.165) is 19.3 Å². The van der Waals surface area contributed by atoms with Gasteiger partial charge in [-0.1, -0.05) is 0 Å². The van der Waals surface area contributed by atoms with E-state index in [4.69, 9.17) is 11.6 Å². The molecule has 0 radical (unpaired) electrons. The third-order valence-corrected chi connectivity index (χ3v) is 3.25. The fourth-order valence-corrected chi connectivity index (χ4v) is 1.95. The van der Waals surface area contributed by atoms with Gasteiger partial charge >= 0.3 is 0 Å². The molecule has 1 N–H and O–H groups in total. The molecule has 1 aliphatic rings. The number of carbonyl (C=O) groups is 1. The lowest BCUT2D eigenvalue weighted by Gasteiger charge is -2.40. The van der Waals surface area contributed by atoms with Crippen LogP contribution in [0.25, 0.3) is 0 Å². The van der Waals surface area contributed by atoms with Crippen molar-refractivity contribution in [3.63, 3.8) is 0 Å². The van der Waals surface area contributed by atoms with Gasteiger partial charge in [-0.05, 0) is 19.3 Å². The summed E-state index contributed by atoms with van der Waals surface area (Å²) in [4.78, 5) is 19.5. The number of nitrogens with one attached hydrogen (secondary N) is 1. The predicted octanol–water partition coefficient (Wildman–Crippen LogP) is 1.37. The highest BCUT2D eigenvalue weighted by Gasteiger charge is 2.37. The fraction of sp³-hybridized carbons (Fsp3) is 0.500. The van der Waals surface area contributed by atoms with Crippen molar-refractivity contribution in [2.45, 2.75) is 24.8 Å². The van der Waals surface area contributed by atoms with Crippen molar-refractivity contribution >= 4 is 17.5 Å². The van der Waals surface area contributed by atoms with Crippen molar-refractivity contribution in [3.05, 3.63) is 24.3 Å². The van der Waals surface area contributed by atoms with Crippen molar-refractivity contribution in [1.29, 1.82) is 0 Å². The van der Waals surface area contributed by atoms with E-state index in [1.807, 2.05) is 0 Å². The average molecular weight is 226 g/mol. The summed E-state index contributed by atoms with van der Waals surface area (Å²) in [5, 5.41) is 2.92. The molecule has 1 aliphatic carbocycles. The predicted molar refractivity (Wildman–Crippen MR) is 56.8 cm³/mol. The molecule has 1 aromatic heterocycles. The van der Waals surface area contributed by atoms with Crippen LogP contribution >= 0.6 is 11.6 Å². The Bertz CT molecular complexity index is 345. The monoisotopic (exact) mass is 225 g/mol. The molecule has 4 nitrogen and oxygen atoms in total. The molecule has 0 spiro atoms. The van der Waals surface area contributed by atoms with Gasteiger partial charge in [-0.3, -0.25) is 9.78 Å². The first-order chi connectivity index (χ1) is 7.26. The summed E-state index contributed by atoms with van der Waals surface area (Å²) in [6, 6.07) is 0. The van der Waals surface area contributed by atoms with E-state index in [2.05, 4.69) is 15.3 Å². The molecular formula is C10H12ClN3O. The van der Waals surface area contributed by atoms with Gasteiger partial charge in [-0.25, -0.2) is 4.98 Å². The van der Waals surface area contributed by atoms with E-state index in [1.165, 1.54) is 18.6 Å². The first kappa shape index (κ1) is 10.4. The molecule has 0 atom stereocenters. The van der Waals surface area contributed by atoms with E-state index >= 15 is 0 Å². The lowest BCUT2D eigenvalue weighted by Crippen LogP contribution is -2.55. The smallest absolute Gasteiger partial charge is 0.271 e. The number of aromatic nitrogens is 2. The van der Waals surface area contributed by atoms with Gasteiger partial charge in [-0.2, -0.15) is 0 Å². The molecule has 1 saturated carbocycles. The molecule has 0 aromatic carbocycles. The van der Waals surface area contributed by atoms with Gasteiger partial charge < -0.3 is 5.32 Å². The molecule has 5 heteroatoms. The van der Waals surface area contributed by atoms with Crippen LogP contribution in [0.1, 0.15) is 29.8 Å². The maximum Gasteiger partial charge on any atom is 0.271 e. The van der Waals surface area contributed by atoms with Crippen LogP contribution in [0.3, 0.4) is 0 Å². The number of carbonyl (C=O) groups excluding carboxylic acids is 1. The van der Waals surface area contributed by atoms with Gasteiger partial charge in [0.1, 0.15) is 5.69 Å². The standard InChI is InChI=1S/C10H12ClN3O/c11-7-10(2-1-3-10)14-9(15)8-6-12-4-5-13-8/h4-6H,1-3,7H2,(H,14,15). The molecule has 1 fully saturated rings. The topological polar surface area (TPSA) is 54.9 Å². The van der Waals surface area contributed by atoms with E-state index in [0.29, 0.717) is 11.6 Å². The zero-order chi connectivity index (χ0) is 10.7. The zero-order valence-corrected chi connectivity index (χ0v) is 9.00. The van der Waals surface area contributed by atoms with Gasteiger partial charge in [0, 0.05) is 18.3 Å². The fourth-order valence-electron chi connectivity index (χ4n) is 1.62. The minimum atomic E-state index is -0.212. The van der Waals surface area contributed by atoms with Gasteiger partial charge in [0.25, 0.3) is 5.91 Å². The minimum absolute atomic E-state index is 0.191. The molecular weight excluding hydrogens is 214 g/mol. The number of hydrogen-bond acceptors (Lipinski definition) is 3. The lowest BCUT2D eigenvalue weighted by molar-refractivity contribution is 0.0848. The van der Waals surface area contributed by atoms with Crippen LogP contribution in [0.4, 0.5) is 0 Å².